The maximum atomic E-state index is 5.44. The lowest BCUT2D eigenvalue weighted by Crippen LogP contribution is -2.37. The van der Waals surface area contributed by atoms with Gasteiger partial charge in [-0.15, -0.1) is 0 Å². The van der Waals surface area contributed by atoms with Crippen molar-refractivity contribution in [2.24, 2.45) is 5.10 Å². The molecule has 30 heavy (non-hydrogen) atoms. The Kier molecular flexibility index (Phi) is 6.50. The molecular weight excluding hydrogens is 446 g/mol. The van der Waals surface area contributed by atoms with Crippen LogP contribution >= 0.6 is 15.9 Å². The summed E-state index contributed by atoms with van der Waals surface area (Å²) in [5.74, 6) is 1.38. The van der Waals surface area contributed by atoms with Crippen molar-refractivity contribution >= 4 is 45.7 Å². The minimum absolute atomic E-state index is 0.365. The fourth-order valence-electron chi connectivity index (χ4n) is 2.92. The molecule has 2 aromatic carbocycles. The van der Waals surface area contributed by atoms with Crippen LogP contribution in [0.25, 0.3) is 0 Å². The summed E-state index contributed by atoms with van der Waals surface area (Å²) in [5.41, 5.74) is 5.94. The minimum Gasteiger partial charge on any atom is -0.378 e. The van der Waals surface area contributed by atoms with Gasteiger partial charge in [0.15, 0.2) is 0 Å². The maximum absolute atomic E-state index is 5.44. The molecule has 1 saturated heterocycles. The Hall–Kier alpha value is -3.04. The lowest BCUT2D eigenvalue weighted by atomic mass is 10.2. The van der Waals surface area contributed by atoms with Crippen molar-refractivity contribution in [2.75, 3.05) is 41.9 Å². The van der Waals surface area contributed by atoms with Crippen LogP contribution in [0, 0.1) is 6.92 Å². The van der Waals surface area contributed by atoms with E-state index in [1.807, 2.05) is 55.5 Å². The summed E-state index contributed by atoms with van der Waals surface area (Å²) in [5, 5.41) is 7.54. The van der Waals surface area contributed by atoms with Crippen LogP contribution in [0.15, 0.2) is 58.1 Å². The van der Waals surface area contributed by atoms with Crippen LogP contribution in [-0.4, -0.2) is 47.5 Å². The Labute approximate surface area is 183 Å². The first-order valence-corrected chi connectivity index (χ1v) is 10.4. The second-order valence-corrected chi connectivity index (χ2v) is 7.63. The summed E-state index contributed by atoms with van der Waals surface area (Å²) in [6, 6.07) is 15.9. The van der Waals surface area contributed by atoms with Gasteiger partial charge in [-0.2, -0.15) is 20.1 Å². The topological polar surface area (TPSA) is 87.6 Å². The molecule has 1 aromatic heterocycles. The normalized spacial score (nSPS) is 14.1. The first-order chi connectivity index (χ1) is 14.7. The molecule has 8 nitrogen and oxygen atoms in total. The fraction of sp³-hybridized carbons (Fsp3) is 0.238. The standard InChI is InChI=1S/C21H22BrN7O/c1-15-7-8-18(17(22)13-15)24-19-25-20(28-23-14-16-5-3-2-4-6-16)27-21(26-19)29-9-11-30-12-10-29/h2-8,13-14H,9-12H2,1H3,(H2,24,25,26,27,28)/b23-14+. The lowest BCUT2D eigenvalue weighted by molar-refractivity contribution is 0.122. The first kappa shape index (κ1) is 20.2. The molecule has 4 rings (SSSR count). The summed E-state index contributed by atoms with van der Waals surface area (Å²) in [6.45, 7) is 4.79. The van der Waals surface area contributed by atoms with Crippen molar-refractivity contribution < 1.29 is 4.74 Å². The van der Waals surface area contributed by atoms with E-state index in [4.69, 9.17) is 4.74 Å². The van der Waals surface area contributed by atoms with E-state index in [9.17, 15) is 0 Å². The zero-order valence-electron chi connectivity index (χ0n) is 16.5. The summed E-state index contributed by atoms with van der Waals surface area (Å²) in [4.78, 5) is 15.7. The average molecular weight is 468 g/mol. The number of halogens is 1. The minimum atomic E-state index is 0.365. The monoisotopic (exact) mass is 467 g/mol. The van der Waals surface area contributed by atoms with Crippen LogP contribution < -0.4 is 15.6 Å². The molecule has 2 heterocycles. The predicted molar refractivity (Wildman–Crippen MR) is 123 cm³/mol. The van der Waals surface area contributed by atoms with Crippen LogP contribution in [0.4, 0.5) is 23.5 Å². The van der Waals surface area contributed by atoms with Crippen LogP contribution in [0.1, 0.15) is 11.1 Å². The average Bonchev–Trinajstić information content (AvgIpc) is 2.77. The van der Waals surface area contributed by atoms with E-state index in [1.165, 1.54) is 0 Å². The molecule has 1 fully saturated rings. The van der Waals surface area contributed by atoms with Gasteiger partial charge in [0.25, 0.3) is 0 Å². The number of hydrogen-bond acceptors (Lipinski definition) is 8. The largest absolute Gasteiger partial charge is 0.378 e. The molecular formula is C21H22BrN7O. The Bertz CT molecular complexity index is 1020. The Morgan fingerprint density at radius 1 is 1.03 bits per heavy atom. The number of morpholine rings is 1. The Morgan fingerprint density at radius 2 is 1.80 bits per heavy atom. The molecule has 0 bridgehead atoms. The summed E-state index contributed by atoms with van der Waals surface area (Å²) in [6.07, 6.45) is 1.72. The number of aryl methyl sites for hydroxylation is 1. The van der Waals surface area contributed by atoms with Crippen molar-refractivity contribution in [2.45, 2.75) is 6.92 Å². The molecule has 1 aliphatic heterocycles. The number of rotatable bonds is 6. The molecule has 0 spiro atoms. The number of benzene rings is 2. The first-order valence-electron chi connectivity index (χ1n) is 9.63. The Balaban J connectivity index is 1.59. The molecule has 0 amide bonds. The highest BCUT2D eigenvalue weighted by Gasteiger charge is 2.17. The van der Waals surface area contributed by atoms with Gasteiger partial charge in [-0.25, -0.2) is 5.43 Å². The van der Waals surface area contributed by atoms with Crippen molar-refractivity contribution in [3.63, 3.8) is 0 Å². The third-order valence-corrected chi connectivity index (χ3v) is 5.12. The van der Waals surface area contributed by atoms with Gasteiger partial charge in [-0.3, -0.25) is 0 Å². The highest BCUT2D eigenvalue weighted by atomic mass is 79.9. The smallest absolute Gasteiger partial charge is 0.250 e. The maximum Gasteiger partial charge on any atom is 0.250 e. The van der Waals surface area contributed by atoms with Gasteiger partial charge >= 0.3 is 0 Å². The number of aromatic nitrogens is 3. The second-order valence-electron chi connectivity index (χ2n) is 6.77. The van der Waals surface area contributed by atoms with Gasteiger partial charge in [0.1, 0.15) is 0 Å². The lowest BCUT2D eigenvalue weighted by Gasteiger charge is -2.27. The van der Waals surface area contributed by atoms with Gasteiger partial charge in [0.05, 0.1) is 25.1 Å². The van der Waals surface area contributed by atoms with Gasteiger partial charge in [-0.1, -0.05) is 36.4 Å². The third kappa shape index (κ3) is 5.31. The number of anilines is 4. The molecule has 0 saturated carbocycles. The van der Waals surface area contributed by atoms with Gasteiger partial charge in [0, 0.05) is 17.6 Å². The van der Waals surface area contributed by atoms with Gasteiger partial charge < -0.3 is 15.0 Å². The van der Waals surface area contributed by atoms with Crippen molar-refractivity contribution in [3.8, 4) is 0 Å². The summed E-state index contributed by atoms with van der Waals surface area (Å²) in [7, 11) is 0. The van der Waals surface area contributed by atoms with Crippen LogP contribution in [0.2, 0.25) is 0 Å². The molecule has 0 aliphatic carbocycles. The number of hydrogen-bond donors (Lipinski definition) is 2. The molecule has 0 radical (unpaired) electrons. The quantitative estimate of drug-likeness (QED) is 0.418. The van der Waals surface area contributed by atoms with Crippen LogP contribution in [0.3, 0.4) is 0 Å². The van der Waals surface area contributed by atoms with Crippen LogP contribution in [-0.2, 0) is 4.74 Å². The molecule has 2 N–H and O–H groups in total. The van der Waals surface area contributed by atoms with E-state index in [1.54, 1.807) is 6.21 Å². The van der Waals surface area contributed by atoms with E-state index in [0.29, 0.717) is 31.1 Å². The van der Waals surface area contributed by atoms with E-state index in [-0.39, 0.29) is 0 Å². The van der Waals surface area contributed by atoms with Crippen molar-refractivity contribution in [1.82, 2.24) is 15.0 Å². The highest BCUT2D eigenvalue weighted by molar-refractivity contribution is 9.10. The van der Waals surface area contributed by atoms with E-state index in [2.05, 4.69) is 51.6 Å². The predicted octanol–water partition coefficient (Wildman–Crippen LogP) is 3.97. The highest BCUT2D eigenvalue weighted by Crippen LogP contribution is 2.26. The van der Waals surface area contributed by atoms with Gasteiger partial charge in [-0.05, 0) is 46.1 Å². The number of nitrogens with zero attached hydrogens (tertiary/aromatic N) is 5. The van der Waals surface area contributed by atoms with E-state index >= 15 is 0 Å². The third-order valence-electron chi connectivity index (χ3n) is 4.47. The summed E-state index contributed by atoms with van der Waals surface area (Å²) < 4.78 is 6.38. The van der Waals surface area contributed by atoms with Crippen molar-refractivity contribution in [1.29, 1.82) is 0 Å². The molecule has 0 atom stereocenters. The van der Waals surface area contributed by atoms with Crippen LogP contribution in [0.5, 0.6) is 0 Å². The molecule has 154 valence electrons. The Morgan fingerprint density at radius 3 is 2.57 bits per heavy atom. The number of hydrazone groups is 1. The zero-order valence-corrected chi connectivity index (χ0v) is 18.1. The zero-order chi connectivity index (χ0) is 20.8. The number of ether oxygens (including phenoxy) is 1. The molecule has 3 aromatic rings. The van der Waals surface area contributed by atoms with Crippen molar-refractivity contribution in [3.05, 3.63) is 64.1 Å². The van der Waals surface area contributed by atoms with E-state index in [0.717, 1.165) is 34.4 Å². The van der Waals surface area contributed by atoms with E-state index < -0.39 is 0 Å². The number of nitrogens with one attached hydrogen (secondary N) is 2. The molecule has 9 heteroatoms. The summed E-state index contributed by atoms with van der Waals surface area (Å²) >= 11 is 3.59. The molecule has 0 unspecified atom stereocenters. The molecule has 1 aliphatic rings. The fourth-order valence-corrected chi connectivity index (χ4v) is 3.51. The SMILES string of the molecule is Cc1ccc(Nc2nc(N/N=C/c3ccccc3)nc(N3CCOCC3)n2)c(Br)c1. The second kappa shape index (κ2) is 9.64. The van der Waals surface area contributed by atoms with Gasteiger partial charge in [0.2, 0.25) is 17.8 Å².